The molecule has 0 fully saturated rings. The van der Waals surface area contributed by atoms with Gasteiger partial charge in [-0.25, -0.2) is 0 Å². The lowest BCUT2D eigenvalue weighted by atomic mass is 10.1. The molecule has 0 bridgehead atoms. The van der Waals surface area contributed by atoms with E-state index in [9.17, 15) is 4.79 Å². The molecule has 0 aromatic heterocycles. The lowest BCUT2D eigenvalue weighted by molar-refractivity contribution is -0.138. The second kappa shape index (κ2) is 4.48. The van der Waals surface area contributed by atoms with E-state index in [-0.39, 0.29) is 5.25 Å². The molecule has 3 N–H and O–H groups in total. The number of rotatable bonds is 2. The third kappa shape index (κ3) is 2.63. The fourth-order valence-electron chi connectivity index (χ4n) is 1.02. The summed E-state index contributed by atoms with van der Waals surface area (Å²) in [5.74, 6) is -0.904. The molecule has 5 heteroatoms. The van der Waals surface area contributed by atoms with Crippen LogP contribution in [0, 0.1) is 0 Å². The van der Waals surface area contributed by atoms with Crippen LogP contribution in [0.5, 0.6) is 0 Å². The molecule has 0 saturated carbocycles. The van der Waals surface area contributed by atoms with Gasteiger partial charge in [-0.3, -0.25) is 4.79 Å². The van der Waals surface area contributed by atoms with Gasteiger partial charge in [0.2, 0.25) is 0 Å². The number of nitrogens with two attached hydrogens (primary N) is 1. The van der Waals surface area contributed by atoms with Gasteiger partial charge in [-0.1, -0.05) is 6.08 Å². The summed E-state index contributed by atoms with van der Waals surface area (Å²) in [6.07, 6.45) is 3.91. The summed E-state index contributed by atoms with van der Waals surface area (Å²) in [5.41, 5.74) is 5.50. The molecule has 0 amide bonds. The molecule has 0 radical (unpaired) electrons. The number of carboxylic acids is 1. The molecule has 0 aromatic carbocycles. The summed E-state index contributed by atoms with van der Waals surface area (Å²) >= 11 is 3.77. The monoisotopic (exact) mass is 299 g/mol. The minimum absolute atomic E-state index is 0.0411. The molecular weight excluding hydrogens is 289 g/mol. The Morgan fingerprint density at radius 2 is 2.58 bits per heavy atom. The Morgan fingerprint density at radius 1 is 1.92 bits per heavy atom. The molecule has 0 aromatic rings. The van der Waals surface area contributed by atoms with Crippen molar-refractivity contribution in [1.29, 1.82) is 0 Å². The zero-order chi connectivity index (χ0) is 9.14. The van der Waals surface area contributed by atoms with Gasteiger partial charge >= 0.3 is 5.97 Å². The average molecular weight is 299 g/mol. The smallest absolute Gasteiger partial charge is 0.321 e. The Balaban J connectivity index is 2.54. The van der Waals surface area contributed by atoms with Gasteiger partial charge < -0.3 is 10.8 Å². The molecule has 1 aliphatic rings. The van der Waals surface area contributed by atoms with Gasteiger partial charge in [-0.2, -0.15) is 0 Å². The van der Waals surface area contributed by atoms with E-state index in [1.165, 1.54) is 0 Å². The van der Waals surface area contributed by atoms with Crippen LogP contribution in [-0.4, -0.2) is 22.4 Å². The molecule has 3 nitrogen and oxygen atoms in total. The fourth-order valence-corrected chi connectivity index (χ4v) is 3.34. The minimum atomic E-state index is -0.904. The van der Waals surface area contributed by atoms with Crippen LogP contribution in [0.25, 0.3) is 0 Å². The number of allylic oxidation sites excluding steroid dienone is 1. The van der Waals surface area contributed by atoms with Gasteiger partial charge in [-0.15, -0.1) is 11.8 Å². The summed E-state index contributed by atoms with van der Waals surface area (Å²) < 4.78 is 1.15. The predicted molar refractivity (Wildman–Crippen MR) is 58.3 cm³/mol. The zero-order valence-electron chi connectivity index (χ0n) is 6.37. The normalized spacial score (nSPS) is 26.2. The second-order valence-corrected chi connectivity index (χ2v) is 5.78. The van der Waals surface area contributed by atoms with Crippen molar-refractivity contribution in [3.8, 4) is 0 Å². The van der Waals surface area contributed by atoms with Crippen LogP contribution in [0.3, 0.4) is 0 Å². The van der Waals surface area contributed by atoms with Crippen LogP contribution in [0.4, 0.5) is 0 Å². The first kappa shape index (κ1) is 10.3. The SMILES string of the molecule is N[C@H](C(=O)O)C1CCC=C(I)S1. The van der Waals surface area contributed by atoms with Crippen molar-refractivity contribution in [3.63, 3.8) is 0 Å². The van der Waals surface area contributed by atoms with E-state index in [2.05, 4.69) is 28.7 Å². The summed E-state index contributed by atoms with van der Waals surface area (Å²) in [6.45, 7) is 0. The van der Waals surface area contributed by atoms with Gasteiger partial charge in [-0.05, 0) is 35.4 Å². The number of hydrogen-bond acceptors (Lipinski definition) is 3. The van der Waals surface area contributed by atoms with Crippen molar-refractivity contribution in [1.82, 2.24) is 0 Å². The van der Waals surface area contributed by atoms with Gasteiger partial charge in [0, 0.05) is 8.16 Å². The Morgan fingerprint density at radius 3 is 3.08 bits per heavy atom. The lowest BCUT2D eigenvalue weighted by Gasteiger charge is -2.22. The first-order valence-corrected chi connectivity index (χ1v) is 5.58. The van der Waals surface area contributed by atoms with E-state index in [4.69, 9.17) is 10.8 Å². The number of halogens is 1. The number of hydrogen-bond donors (Lipinski definition) is 2. The average Bonchev–Trinajstić information content (AvgIpc) is 2.03. The van der Waals surface area contributed by atoms with E-state index in [0.29, 0.717) is 0 Å². The summed E-state index contributed by atoms with van der Waals surface area (Å²) in [5, 5.41) is 8.70. The largest absolute Gasteiger partial charge is 0.480 e. The zero-order valence-corrected chi connectivity index (χ0v) is 9.34. The molecule has 1 unspecified atom stereocenters. The van der Waals surface area contributed by atoms with E-state index in [1.54, 1.807) is 11.8 Å². The van der Waals surface area contributed by atoms with Crippen LogP contribution in [-0.2, 0) is 4.79 Å². The Hall–Kier alpha value is 0.250. The fraction of sp³-hybridized carbons (Fsp3) is 0.571. The highest BCUT2D eigenvalue weighted by Gasteiger charge is 2.26. The van der Waals surface area contributed by atoms with E-state index in [0.717, 1.165) is 15.8 Å². The second-order valence-electron chi connectivity index (χ2n) is 2.61. The molecule has 1 rings (SSSR count). The van der Waals surface area contributed by atoms with Crippen LogP contribution in [0.2, 0.25) is 0 Å². The summed E-state index contributed by atoms with van der Waals surface area (Å²) in [4.78, 5) is 10.5. The maximum Gasteiger partial charge on any atom is 0.321 e. The van der Waals surface area contributed by atoms with Crippen molar-refractivity contribution in [3.05, 3.63) is 8.99 Å². The van der Waals surface area contributed by atoms with Crippen molar-refractivity contribution in [2.45, 2.75) is 24.1 Å². The summed E-state index contributed by atoms with van der Waals surface area (Å²) in [7, 11) is 0. The van der Waals surface area contributed by atoms with Crippen molar-refractivity contribution in [2.24, 2.45) is 5.73 Å². The molecule has 2 atom stereocenters. The highest BCUT2D eigenvalue weighted by atomic mass is 127. The first-order valence-electron chi connectivity index (χ1n) is 3.62. The molecule has 68 valence electrons. The van der Waals surface area contributed by atoms with E-state index < -0.39 is 12.0 Å². The van der Waals surface area contributed by atoms with Crippen LogP contribution < -0.4 is 5.73 Å². The van der Waals surface area contributed by atoms with Crippen LogP contribution in [0.1, 0.15) is 12.8 Å². The van der Waals surface area contributed by atoms with E-state index >= 15 is 0 Å². The molecule has 1 aliphatic heterocycles. The predicted octanol–water partition coefficient (Wildman–Crippen LogP) is 1.57. The number of aliphatic carboxylic acids is 1. The summed E-state index contributed by atoms with van der Waals surface area (Å²) in [6, 6.07) is -0.728. The highest BCUT2D eigenvalue weighted by molar-refractivity contribution is 14.1. The van der Waals surface area contributed by atoms with Gasteiger partial charge in [0.1, 0.15) is 6.04 Å². The molecule has 12 heavy (non-hydrogen) atoms. The third-order valence-electron chi connectivity index (χ3n) is 1.71. The van der Waals surface area contributed by atoms with Crippen LogP contribution >= 0.6 is 34.4 Å². The van der Waals surface area contributed by atoms with Crippen molar-refractivity contribution >= 4 is 40.3 Å². The number of carbonyl (C=O) groups is 1. The maximum absolute atomic E-state index is 10.5. The Bertz CT molecular complexity index is 219. The Kier molecular flexibility index (Phi) is 3.85. The van der Waals surface area contributed by atoms with Crippen molar-refractivity contribution < 1.29 is 9.90 Å². The molecule has 0 saturated heterocycles. The lowest BCUT2D eigenvalue weighted by Crippen LogP contribution is -2.40. The topological polar surface area (TPSA) is 63.3 Å². The third-order valence-corrected chi connectivity index (χ3v) is 4.13. The quantitative estimate of drug-likeness (QED) is 0.760. The van der Waals surface area contributed by atoms with Gasteiger partial charge in [0.15, 0.2) is 0 Å². The molecule has 0 spiro atoms. The molecule has 0 aliphatic carbocycles. The Labute approximate surface area is 88.9 Å². The number of carboxylic acid groups (broad SMARTS) is 1. The van der Waals surface area contributed by atoms with Crippen LogP contribution in [0.15, 0.2) is 8.99 Å². The maximum atomic E-state index is 10.5. The molecular formula is C7H10INO2S. The van der Waals surface area contributed by atoms with Gasteiger partial charge in [0.05, 0.1) is 0 Å². The standard InChI is InChI=1S/C7H10INO2S/c8-5-3-1-2-4(12-5)6(9)7(10)11/h3-4,6H,1-2,9H2,(H,10,11)/t4?,6-/m0/s1. The van der Waals surface area contributed by atoms with Gasteiger partial charge in [0.25, 0.3) is 0 Å². The van der Waals surface area contributed by atoms with Crippen molar-refractivity contribution in [2.75, 3.05) is 0 Å². The first-order chi connectivity index (χ1) is 5.61. The minimum Gasteiger partial charge on any atom is -0.480 e. The van der Waals surface area contributed by atoms with E-state index in [1.807, 2.05) is 0 Å². The highest BCUT2D eigenvalue weighted by Crippen LogP contribution is 2.36. The molecule has 1 heterocycles. The number of thioether (sulfide) groups is 1.